The van der Waals surface area contributed by atoms with Gasteiger partial charge in [-0.15, -0.1) is 0 Å². The fourth-order valence-corrected chi connectivity index (χ4v) is 2.15. The molecular formula is C13H18FN3O. The third kappa shape index (κ3) is 3.50. The number of likely N-dealkylation sites (tertiary alicyclic amines) is 1. The molecule has 18 heavy (non-hydrogen) atoms. The standard InChI is InChI=1S/C13H18FN3O/c1-17-6-3-10(4-7-17)9-16-13(18)11-2-5-15-12(14)8-11/h2,5,8,10H,3-4,6-7,9H2,1H3,(H,16,18). The summed E-state index contributed by atoms with van der Waals surface area (Å²) in [5.74, 6) is -0.325. The van der Waals surface area contributed by atoms with Gasteiger partial charge < -0.3 is 10.2 Å². The second-order valence-electron chi connectivity index (χ2n) is 4.82. The van der Waals surface area contributed by atoms with Crippen molar-refractivity contribution in [2.24, 2.45) is 5.92 Å². The van der Waals surface area contributed by atoms with Gasteiger partial charge in [0.05, 0.1) is 0 Å². The van der Waals surface area contributed by atoms with E-state index in [2.05, 4.69) is 22.2 Å². The summed E-state index contributed by atoms with van der Waals surface area (Å²) < 4.78 is 12.9. The van der Waals surface area contributed by atoms with Crippen LogP contribution in [0.4, 0.5) is 4.39 Å². The largest absolute Gasteiger partial charge is 0.352 e. The van der Waals surface area contributed by atoms with E-state index >= 15 is 0 Å². The summed E-state index contributed by atoms with van der Waals surface area (Å²) in [6.07, 6.45) is 3.50. The van der Waals surface area contributed by atoms with Crippen molar-refractivity contribution < 1.29 is 9.18 Å². The van der Waals surface area contributed by atoms with E-state index in [1.807, 2.05) is 0 Å². The van der Waals surface area contributed by atoms with Crippen LogP contribution >= 0.6 is 0 Å². The summed E-state index contributed by atoms with van der Waals surface area (Å²) in [6.45, 7) is 2.81. The van der Waals surface area contributed by atoms with Crippen LogP contribution in [0.2, 0.25) is 0 Å². The molecule has 1 aromatic heterocycles. The summed E-state index contributed by atoms with van der Waals surface area (Å²) in [7, 11) is 2.11. The third-order valence-corrected chi connectivity index (χ3v) is 3.38. The molecule has 1 aliphatic rings. The molecule has 2 heterocycles. The quantitative estimate of drug-likeness (QED) is 0.823. The minimum absolute atomic E-state index is 0.227. The first-order valence-electron chi connectivity index (χ1n) is 6.23. The lowest BCUT2D eigenvalue weighted by Gasteiger charge is -2.28. The molecule has 0 radical (unpaired) electrons. The highest BCUT2D eigenvalue weighted by Gasteiger charge is 2.17. The highest BCUT2D eigenvalue weighted by molar-refractivity contribution is 5.93. The molecule has 1 aliphatic heterocycles. The molecule has 1 aromatic rings. The van der Waals surface area contributed by atoms with E-state index in [1.54, 1.807) is 0 Å². The van der Waals surface area contributed by atoms with Crippen molar-refractivity contribution in [2.45, 2.75) is 12.8 Å². The van der Waals surface area contributed by atoms with Crippen molar-refractivity contribution in [3.05, 3.63) is 29.8 Å². The molecule has 0 saturated carbocycles. The molecule has 1 saturated heterocycles. The lowest BCUT2D eigenvalue weighted by Crippen LogP contribution is -2.36. The molecule has 0 bridgehead atoms. The summed E-state index contributed by atoms with van der Waals surface area (Å²) >= 11 is 0. The Morgan fingerprint density at radius 3 is 2.94 bits per heavy atom. The van der Waals surface area contributed by atoms with Gasteiger partial charge in [-0.2, -0.15) is 4.39 Å². The van der Waals surface area contributed by atoms with Crippen molar-refractivity contribution in [1.29, 1.82) is 0 Å². The molecule has 0 unspecified atom stereocenters. The number of piperidine rings is 1. The monoisotopic (exact) mass is 251 g/mol. The first-order chi connectivity index (χ1) is 8.65. The average molecular weight is 251 g/mol. The Hall–Kier alpha value is -1.49. The molecule has 1 N–H and O–H groups in total. The van der Waals surface area contributed by atoms with Gasteiger partial charge in [-0.05, 0) is 45.0 Å². The number of halogens is 1. The summed E-state index contributed by atoms with van der Waals surface area (Å²) in [6, 6.07) is 2.68. The van der Waals surface area contributed by atoms with Crippen molar-refractivity contribution in [3.8, 4) is 0 Å². The smallest absolute Gasteiger partial charge is 0.251 e. The molecule has 4 nitrogen and oxygen atoms in total. The van der Waals surface area contributed by atoms with Gasteiger partial charge in [-0.1, -0.05) is 0 Å². The number of aromatic nitrogens is 1. The lowest BCUT2D eigenvalue weighted by molar-refractivity contribution is 0.0938. The van der Waals surface area contributed by atoms with Crippen LogP contribution in [0.1, 0.15) is 23.2 Å². The van der Waals surface area contributed by atoms with Crippen LogP contribution in [-0.2, 0) is 0 Å². The second-order valence-corrected chi connectivity index (χ2v) is 4.82. The predicted octanol–water partition coefficient (Wildman–Crippen LogP) is 1.29. The molecule has 0 atom stereocenters. The topological polar surface area (TPSA) is 45.2 Å². The van der Waals surface area contributed by atoms with E-state index in [0.29, 0.717) is 18.0 Å². The maximum Gasteiger partial charge on any atom is 0.251 e. The summed E-state index contributed by atoms with van der Waals surface area (Å²) in [5, 5.41) is 2.86. The number of hydrogen-bond donors (Lipinski definition) is 1. The molecular weight excluding hydrogens is 233 g/mol. The van der Waals surface area contributed by atoms with Gasteiger partial charge in [0.25, 0.3) is 5.91 Å². The number of carbonyl (C=O) groups excluding carboxylic acids is 1. The maximum atomic E-state index is 12.9. The van der Waals surface area contributed by atoms with Gasteiger partial charge in [-0.3, -0.25) is 4.79 Å². The Kier molecular flexibility index (Phi) is 4.25. The van der Waals surface area contributed by atoms with Gasteiger partial charge in [0.15, 0.2) is 0 Å². The Labute approximate surface area is 106 Å². The van der Waals surface area contributed by atoms with Gasteiger partial charge in [-0.25, -0.2) is 4.98 Å². The van der Waals surface area contributed by atoms with Gasteiger partial charge in [0.2, 0.25) is 5.95 Å². The zero-order valence-corrected chi connectivity index (χ0v) is 10.5. The van der Waals surface area contributed by atoms with Crippen LogP contribution in [0, 0.1) is 11.9 Å². The van der Waals surface area contributed by atoms with Gasteiger partial charge in [0, 0.05) is 24.4 Å². The van der Waals surface area contributed by atoms with Crippen LogP contribution in [0.5, 0.6) is 0 Å². The average Bonchev–Trinajstić information content (AvgIpc) is 2.38. The highest BCUT2D eigenvalue weighted by Crippen LogP contribution is 2.14. The second kappa shape index (κ2) is 5.91. The van der Waals surface area contributed by atoms with E-state index in [9.17, 15) is 9.18 Å². The molecule has 0 aromatic carbocycles. The minimum atomic E-state index is -0.623. The van der Waals surface area contributed by atoms with Gasteiger partial charge in [0.1, 0.15) is 0 Å². The van der Waals surface area contributed by atoms with Crippen LogP contribution < -0.4 is 5.32 Å². The van der Waals surface area contributed by atoms with E-state index in [4.69, 9.17) is 0 Å². The minimum Gasteiger partial charge on any atom is -0.352 e. The van der Waals surface area contributed by atoms with Crippen LogP contribution in [0.25, 0.3) is 0 Å². The Bertz CT molecular complexity index is 416. The normalized spacial score (nSPS) is 17.7. The number of pyridine rings is 1. The van der Waals surface area contributed by atoms with Crippen molar-refractivity contribution >= 4 is 5.91 Å². The number of nitrogens with zero attached hydrogens (tertiary/aromatic N) is 2. The van der Waals surface area contributed by atoms with E-state index in [-0.39, 0.29) is 5.91 Å². The van der Waals surface area contributed by atoms with E-state index in [1.165, 1.54) is 12.3 Å². The molecule has 1 fully saturated rings. The maximum absolute atomic E-state index is 12.9. The van der Waals surface area contributed by atoms with Crippen LogP contribution in [0.15, 0.2) is 18.3 Å². The SMILES string of the molecule is CN1CCC(CNC(=O)c2ccnc(F)c2)CC1. The van der Waals surface area contributed by atoms with Crippen molar-refractivity contribution in [1.82, 2.24) is 15.2 Å². The lowest BCUT2D eigenvalue weighted by atomic mass is 9.97. The molecule has 98 valence electrons. The molecule has 1 amide bonds. The highest BCUT2D eigenvalue weighted by atomic mass is 19.1. The number of hydrogen-bond acceptors (Lipinski definition) is 3. The summed E-state index contributed by atoms with van der Waals surface area (Å²) in [5.41, 5.74) is 0.329. The summed E-state index contributed by atoms with van der Waals surface area (Å²) in [4.78, 5) is 17.5. The Morgan fingerprint density at radius 1 is 1.56 bits per heavy atom. The number of carbonyl (C=O) groups is 1. The number of rotatable bonds is 3. The van der Waals surface area contributed by atoms with E-state index < -0.39 is 5.95 Å². The van der Waals surface area contributed by atoms with Crippen LogP contribution in [0.3, 0.4) is 0 Å². The first kappa shape index (κ1) is 13.0. The van der Waals surface area contributed by atoms with Gasteiger partial charge >= 0.3 is 0 Å². The Morgan fingerprint density at radius 2 is 2.28 bits per heavy atom. The zero-order valence-electron chi connectivity index (χ0n) is 10.5. The number of nitrogens with one attached hydrogen (secondary N) is 1. The fraction of sp³-hybridized carbons (Fsp3) is 0.538. The fourth-order valence-electron chi connectivity index (χ4n) is 2.15. The molecule has 2 rings (SSSR count). The predicted molar refractivity (Wildman–Crippen MR) is 66.7 cm³/mol. The van der Waals surface area contributed by atoms with Crippen molar-refractivity contribution in [3.63, 3.8) is 0 Å². The third-order valence-electron chi connectivity index (χ3n) is 3.38. The molecule has 0 aliphatic carbocycles. The zero-order chi connectivity index (χ0) is 13.0. The van der Waals surface area contributed by atoms with Crippen molar-refractivity contribution in [2.75, 3.05) is 26.7 Å². The first-order valence-corrected chi connectivity index (χ1v) is 6.23. The number of amides is 1. The molecule has 0 spiro atoms. The molecule has 5 heteroatoms. The Balaban J connectivity index is 1.81. The van der Waals surface area contributed by atoms with E-state index in [0.717, 1.165) is 32.0 Å². The van der Waals surface area contributed by atoms with Crippen LogP contribution in [-0.4, -0.2) is 42.5 Å².